The van der Waals surface area contributed by atoms with Gasteiger partial charge in [0.05, 0.1) is 0 Å². The first kappa shape index (κ1) is 18.6. The van der Waals surface area contributed by atoms with Crippen molar-refractivity contribution in [3.05, 3.63) is 65.2 Å². The third kappa shape index (κ3) is 5.17. The zero-order chi connectivity index (χ0) is 19.1. The highest BCUT2D eigenvalue weighted by Gasteiger charge is 2.19. The molecule has 1 saturated heterocycles. The Morgan fingerprint density at radius 2 is 1.67 bits per heavy atom. The maximum Gasteiger partial charge on any atom is 0.258 e. The first-order chi connectivity index (χ1) is 13.2. The zero-order valence-electron chi connectivity index (χ0n) is 15.0. The fourth-order valence-corrected chi connectivity index (χ4v) is 2.91. The molecule has 2 aromatic rings. The van der Waals surface area contributed by atoms with E-state index in [4.69, 9.17) is 4.74 Å². The Balaban J connectivity index is 1.44. The van der Waals surface area contributed by atoms with Crippen molar-refractivity contribution in [2.75, 3.05) is 19.7 Å². The van der Waals surface area contributed by atoms with Crippen LogP contribution in [0.1, 0.15) is 39.1 Å². The molecule has 0 spiro atoms. The van der Waals surface area contributed by atoms with E-state index in [1.807, 2.05) is 17.0 Å². The van der Waals surface area contributed by atoms with Crippen LogP contribution in [0.15, 0.2) is 48.5 Å². The van der Waals surface area contributed by atoms with E-state index in [0.717, 1.165) is 37.8 Å². The molecule has 6 nitrogen and oxygen atoms in total. The summed E-state index contributed by atoms with van der Waals surface area (Å²) >= 11 is 0. The first-order valence-electron chi connectivity index (χ1n) is 8.98. The zero-order valence-corrected chi connectivity index (χ0v) is 15.0. The summed E-state index contributed by atoms with van der Waals surface area (Å²) in [6, 6.07) is 13.8. The molecule has 1 fully saturated rings. The molecule has 0 saturated carbocycles. The summed E-state index contributed by atoms with van der Waals surface area (Å²) in [6.45, 7) is 1.92. The lowest BCUT2D eigenvalue weighted by atomic mass is 10.1. The fraction of sp³-hybridized carbons (Fsp3) is 0.286. The quantitative estimate of drug-likeness (QED) is 0.764. The van der Waals surface area contributed by atoms with Crippen LogP contribution >= 0.6 is 0 Å². The number of hydrogen-bond donors (Lipinski definition) is 1. The molecular formula is C21H22N2O4. The van der Waals surface area contributed by atoms with Crippen molar-refractivity contribution in [2.24, 2.45) is 0 Å². The van der Waals surface area contributed by atoms with Crippen LogP contribution in [0.2, 0.25) is 0 Å². The van der Waals surface area contributed by atoms with Crippen LogP contribution in [0, 0.1) is 0 Å². The average Bonchev–Trinajstić information content (AvgIpc) is 3.26. The molecule has 0 aromatic heterocycles. The number of carbonyl (C=O) groups is 3. The van der Waals surface area contributed by atoms with Gasteiger partial charge in [-0.1, -0.05) is 12.1 Å². The second kappa shape index (κ2) is 8.98. The van der Waals surface area contributed by atoms with Crippen molar-refractivity contribution >= 4 is 18.1 Å². The number of benzene rings is 2. The van der Waals surface area contributed by atoms with E-state index in [2.05, 4.69) is 5.32 Å². The lowest BCUT2D eigenvalue weighted by molar-refractivity contribution is -0.123. The smallest absolute Gasteiger partial charge is 0.258 e. The van der Waals surface area contributed by atoms with Crippen molar-refractivity contribution in [2.45, 2.75) is 19.4 Å². The molecule has 1 N–H and O–H groups in total. The van der Waals surface area contributed by atoms with Gasteiger partial charge in [-0.3, -0.25) is 14.4 Å². The SMILES string of the molecule is O=Cc1ccc(OCC(=O)NCc2ccc(C(=O)N3CCCC3)cc2)cc1. The van der Waals surface area contributed by atoms with Crippen LogP contribution in [0.5, 0.6) is 5.75 Å². The van der Waals surface area contributed by atoms with Gasteiger partial charge >= 0.3 is 0 Å². The van der Waals surface area contributed by atoms with Gasteiger partial charge in [-0.15, -0.1) is 0 Å². The number of amides is 2. The van der Waals surface area contributed by atoms with Crippen molar-refractivity contribution in [1.82, 2.24) is 10.2 Å². The van der Waals surface area contributed by atoms with Crippen LogP contribution in [0.4, 0.5) is 0 Å². The first-order valence-corrected chi connectivity index (χ1v) is 8.98. The summed E-state index contributed by atoms with van der Waals surface area (Å²) in [5.41, 5.74) is 2.14. The maximum atomic E-state index is 12.3. The number of ether oxygens (including phenoxy) is 1. The average molecular weight is 366 g/mol. The van der Waals surface area contributed by atoms with Crippen molar-refractivity contribution in [3.8, 4) is 5.75 Å². The predicted octanol–water partition coefficient (Wildman–Crippen LogP) is 2.43. The van der Waals surface area contributed by atoms with E-state index < -0.39 is 0 Å². The third-order valence-electron chi connectivity index (χ3n) is 4.47. The highest BCUT2D eigenvalue weighted by Crippen LogP contribution is 2.14. The predicted molar refractivity (Wildman–Crippen MR) is 101 cm³/mol. The van der Waals surface area contributed by atoms with Crippen molar-refractivity contribution in [3.63, 3.8) is 0 Å². The number of likely N-dealkylation sites (tertiary alicyclic amines) is 1. The Labute approximate surface area is 158 Å². The molecule has 27 heavy (non-hydrogen) atoms. The van der Waals surface area contributed by atoms with E-state index in [9.17, 15) is 14.4 Å². The molecule has 2 amide bonds. The monoisotopic (exact) mass is 366 g/mol. The minimum Gasteiger partial charge on any atom is -0.484 e. The third-order valence-corrected chi connectivity index (χ3v) is 4.47. The van der Waals surface area contributed by atoms with Gasteiger partial charge in [0.1, 0.15) is 12.0 Å². The second-order valence-corrected chi connectivity index (χ2v) is 6.45. The standard InChI is InChI=1S/C21H22N2O4/c24-14-17-5-9-19(10-6-17)27-15-20(25)22-13-16-3-7-18(8-4-16)21(26)23-11-1-2-12-23/h3-10,14H,1-2,11-13,15H2,(H,22,25). The van der Waals surface area contributed by atoms with Crippen molar-refractivity contribution < 1.29 is 19.1 Å². The normalized spacial score (nSPS) is 13.3. The van der Waals surface area contributed by atoms with E-state index in [-0.39, 0.29) is 18.4 Å². The largest absolute Gasteiger partial charge is 0.484 e. The summed E-state index contributed by atoms with van der Waals surface area (Å²) in [5, 5.41) is 2.78. The molecule has 0 unspecified atom stereocenters. The Morgan fingerprint density at radius 3 is 2.30 bits per heavy atom. The molecule has 0 bridgehead atoms. The topological polar surface area (TPSA) is 75.7 Å². The number of rotatable bonds is 7. The van der Waals surface area contributed by atoms with Gasteiger partial charge in [0.15, 0.2) is 6.61 Å². The number of nitrogens with zero attached hydrogens (tertiary/aromatic N) is 1. The van der Waals surface area contributed by atoms with Gasteiger partial charge in [0.2, 0.25) is 0 Å². The highest BCUT2D eigenvalue weighted by molar-refractivity contribution is 5.94. The van der Waals surface area contributed by atoms with Crippen LogP contribution in [0.25, 0.3) is 0 Å². The number of aldehydes is 1. The Hall–Kier alpha value is -3.15. The minimum absolute atomic E-state index is 0.0667. The summed E-state index contributed by atoms with van der Waals surface area (Å²) in [6.07, 6.45) is 2.89. The summed E-state index contributed by atoms with van der Waals surface area (Å²) < 4.78 is 5.39. The highest BCUT2D eigenvalue weighted by atomic mass is 16.5. The number of carbonyl (C=O) groups excluding carboxylic acids is 3. The lowest BCUT2D eigenvalue weighted by Gasteiger charge is -2.15. The second-order valence-electron chi connectivity index (χ2n) is 6.45. The van der Waals surface area contributed by atoms with Gasteiger partial charge in [-0.2, -0.15) is 0 Å². The van der Waals surface area contributed by atoms with Gasteiger partial charge in [0, 0.05) is 30.8 Å². The summed E-state index contributed by atoms with van der Waals surface area (Å²) in [7, 11) is 0. The molecule has 1 heterocycles. The van der Waals surface area contributed by atoms with E-state index in [1.165, 1.54) is 0 Å². The fourth-order valence-electron chi connectivity index (χ4n) is 2.91. The minimum atomic E-state index is -0.244. The molecule has 3 rings (SSSR count). The number of hydrogen-bond acceptors (Lipinski definition) is 4. The Bertz CT molecular complexity index is 794. The van der Waals surface area contributed by atoms with Crippen LogP contribution in [-0.4, -0.2) is 42.7 Å². The van der Waals surface area contributed by atoms with Gasteiger partial charge in [-0.05, 0) is 54.8 Å². The van der Waals surface area contributed by atoms with Crippen molar-refractivity contribution in [1.29, 1.82) is 0 Å². The number of nitrogens with one attached hydrogen (secondary N) is 1. The summed E-state index contributed by atoms with van der Waals surface area (Å²) in [4.78, 5) is 36.7. The molecule has 140 valence electrons. The van der Waals surface area contributed by atoms with Crippen LogP contribution in [-0.2, 0) is 11.3 Å². The van der Waals surface area contributed by atoms with Gasteiger partial charge < -0.3 is 15.0 Å². The van der Waals surface area contributed by atoms with Crippen LogP contribution in [0.3, 0.4) is 0 Å². The van der Waals surface area contributed by atoms with E-state index in [1.54, 1.807) is 36.4 Å². The summed E-state index contributed by atoms with van der Waals surface area (Å²) in [5.74, 6) is 0.351. The molecule has 0 aliphatic carbocycles. The molecule has 1 aliphatic heterocycles. The van der Waals surface area contributed by atoms with E-state index in [0.29, 0.717) is 23.4 Å². The van der Waals surface area contributed by atoms with Gasteiger partial charge in [-0.25, -0.2) is 0 Å². The molecular weight excluding hydrogens is 344 g/mol. The molecule has 0 radical (unpaired) electrons. The lowest BCUT2D eigenvalue weighted by Crippen LogP contribution is -2.29. The molecule has 2 aromatic carbocycles. The van der Waals surface area contributed by atoms with Crippen LogP contribution < -0.4 is 10.1 Å². The molecule has 6 heteroatoms. The maximum absolute atomic E-state index is 12.3. The molecule has 1 aliphatic rings. The Morgan fingerprint density at radius 1 is 1.00 bits per heavy atom. The molecule has 0 atom stereocenters. The van der Waals surface area contributed by atoms with E-state index >= 15 is 0 Å². The van der Waals surface area contributed by atoms with Gasteiger partial charge in [0.25, 0.3) is 11.8 Å². The Kier molecular flexibility index (Phi) is 6.20.